The monoisotopic (exact) mass is 253 g/mol. The van der Waals surface area contributed by atoms with Crippen molar-refractivity contribution < 1.29 is 9.59 Å². The third kappa shape index (κ3) is 1.38. The minimum Gasteiger partial charge on any atom is -0.289 e. The fraction of sp³-hybridized carbons (Fsp3) is 0.375. The highest BCUT2D eigenvalue weighted by Gasteiger charge is 2.57. The Hall–Kier alpha value is -1.90. The molecule has 2 atom stereocenters. The molecule has 0 aromatic heterocycles. The van der Waals surface area contributed by atoms with Crippen molar-refractivity contribution in [3.8, 4) is 0 Å². The minimum absolute atomic E-state index is 0.0857. The van der Waals surface area contributed by atoms with Gasteiger partial charge in [-0.1, -0.05) is 30.3 Å². The molecule has 2 amide bonds. The summed E-state index contributed by atoms with van der Waals surface area (Å²) in [6.07, 6.45) is 3.94. The van der Waals surface area contributed by atoms with Gasteiger partial charge in [0.05, 0.1) is 0 Å². The first-order valence-corrected chi connectivity index (χ1v) is 6.84. The van der Waals surface area contributed by atoms with Crippen LogP contribution < -0.4 is 5.32 Å². The van der Waals surface area contributed by atoms with Gasteiger partial charge < -0.3 is 0 Å². The molecule has 1 aromatic rings. The molecule has 3 nitrogen and oxygen atoms in total. The molecule has 2 aliphatic carbocycles. The van der Waals surface area contributed by atoms with Crippen LogP contribution in [0.3, 0.4) is 0 Å². The van der Waals surface area contributed by atoms with Gasteiger partial charge in [0.25, 0.3) is 11.8 Å². The Bertz CT molecular complexity index is 617. The quantitative estimate of drug-likeness (QED) is 0.819. The molecular weight excluding hydrogens is 238 g/mol. The van der Waals surface area contributed by atoms with Gasteiger partial charge in [0.2, 0.25) is 0 Å². The molecule has 4 rings (SSSR count). The second-order valence-corrected chi connectivity index (χ2v) is 5.95. The van der Waals surface area contributed by atoms with E-state index in [0.29, 0.717) is 5.92 Å². The van der Waals surface area contributed by atoms with Gasteiger partial charge in [0.15, 0.2) is 0 Å². The molecule has 1 fully saturated rings. The molecule has 1 aromatic carbocycles. The van der Waals surface area contributed by atoms with Gasteiger partial charge in [0.1, 0.15) is 0 Å². The number of imide groups is 1. The Morgan fingerprint density at radius 3 is 2.74 bits per heavy atom. The summed E-state index contributed by atoms with van der Waals surface area (Å²) in [5, 5.41) is 2.48. The summed E-state index contributed by atoms with van der Waals surface area (Å²) in [6.45, 7) is 0. The van der Waals surface area contributed by atoms with E-state index in [1.54, 1.807) is 0 Å². The van der Waals surface area contributed by atoms with E-state index in [2.05, 4.69) is 17.4 Å². The number of hydrogen-bond acceptors (Lipinski definition) is 2. The van der Waals surface area contributed by atoms with E-state index in [4.69, 9.17) is 0 Å². The maximum Gasteiger partial charge on any atom is 0.255 e. The predicted octanol–water partition coefficient (Wildman–Crippen LogP) is 1.98. The van der Waals surface area contributed by atoms with Crippen molar-refractivity contribution in [1.29, 1.82) is 0 Å². The van der Waals surface area contributed by atoms with Crippen molar-refractivity contribution in [2.45, 2.75) is 25.7 Å². The Morgan fingerprint density at radius 1 is 1.16 bits per heavy atom. The fourth-order valence-corrected chi connectivity index (χ4v) is 4.22. The Balaban J connectivity index is 1.77. The van der Waals surface area contributed by atoms with Crippen molar-refractivity contribution in [1.82, 2.24) is 5.32 Å². The normalized spacial score (nSPS) is 31.9. The van der Waals surface area contributed by atoms with E-state index in [1.807, 2.05) is 18.2 Å². The molecule has 2 bridgehead atoms. The summed E-state index contributed by atoms with van der Waals surface area (Å²) in [5.41, 5.74) is 2.77. The van der Waals surface area contributed by atoms with Crippen LogP contribution in [0.1, 0.15) is 24.8 Å². The summed E-state index contributed by atoms with van der Waals surface area (Å²) < 4.78 is 0. The average molecular weight is 253 g/mol. The lowest BCUT2D eigenvalue weighted by molar-refractivity contribution is -0.124. The zero-order valence-corrected chi connectivity index (χ0v) is 10.6. The SMILES string of the molecule is O=C1NC(=O)C2=C1C1CCC2(Cc2ccccc2)C1. The van der Waals surface area contributed by atoms with Crippen LogP contribution in [0.5, 0.6) is 0 Å². The molecule has 2 unspecified atom stereocenters. The van der Waals surface area contributed by atoms with Gasteiger partial charge in [-0.3, -0.25) is 14.9 Å². The summed E-state index contributed by atoms with van der Waals surface area (Å²) in [7, 11) is 0. The smallest absolute Gasteiger partial charge is 0.255 e. The lowest BCUT2D eigenvalue weighted by atomic mass is 9.74. The number of fused-ring (bicyclic) bond motifs is 4. The summed E-state index contributed by atoms with van der Waals surface area (Å²) >= 11 is 0. The second-order valence-electron chi connectivity index (χ2n) is 5.95. The highest BCUT2D eigenvalue weighted by molar-refractivity contribution is 6.21. The molecule has 1 saturated carbocycles. The maximum absolute atomic E-state index is 12.1. The third-order valence-corrected chi connectivity index (χ3v) is 4.90. The standard InChI is InChI=1S/C16H15NO2/c18-14-12-11-6-7-16(9-11,13(12)15(19)17-14)8-10-4-2-1-3-5-10/h1-5,11H,6-9H2,(H,17,18,19). The minimum atomic E-state index is -0.141. The number of amides is 2. The molecule has 0 radical (unpaired) electrons. The summed E-state index contributed by atoms with van der Waals surface area (Å²) in [6, 6.07) is 10.3. The van der Waals surface area contributed by atoms with E-state index in [1.165, 1.54) is 5.56 Å². The summed E-state index contributed by atoms with van der Waals surface area (Å²) in [4.78, 5) is 23.9. The zero-order chi connectivity index (χ0) is 13.0. The first kappa shape index (κ1) is 11.0. The number of rotatable bonds is 2. The van der Waals surface area contributed by atoms with Crippen molar-refractivity contribution in [2.75, 3.05) is 0 Å². The van der Waals surface area contributed by atoms with E-state index < -0.39 is 0 Å². The van der Waals surface area contributed by atoms with Crippen molar-refractivity contribution in [2.24, 2.45) is 11.3 Å². The number of carbonyl (C=O) groups is 2. The molecule has 96 valence electrons. The maximum atomic E-state index is 12.1. The molecular formula is C16H15NO2. The van der Waals surface area contributed by atoms with Gasteiger partial charge >= 0.3 is 0 Å². The lowest BCUT2D eigenvalue weighted by Crippen LogP contribution is -2.31. The van der Waals surface area contributed by atoms with E-state index in [9.17, 15) is 9.59 Å². The summed E-state index contributed by atoms with van der Waals surface area (Å²) in [5.74, 6) is 0.0305. The molecule has 0 saturated heterocycles. The zero-order valence-electron chi connectivity index (χ0n) is 10.6. The number of carbonyl (C=O) groups excluding carboxylic acids is 2. The number of benzene rings is 1. The van der Waals surface area contributed by atoms with Gasteiger partial charge in [-0.2, -0.15) is 0 Å². The molecule has 1 heterocycles. The Labute approximate surface area is 111 Å². The van der Waals surface area contributed by atoms with Gasteiger partial charge in [-0.05, 0) is 37.2 Å². The lowest BCUT2D eigenvalue weighted by Gasteiger charge is -2.28. The number of nitrogens with one attached hydrogen (secondary N) is 1. The number of hydrogen-bond donors (Lipinski definition) is 1. The van der Waals surface area contributed by atoms with Crippen molar-refractivity contribution >= 4 is 11.8 Å². The molecule has 3 aliphatic rings. The second kappa shape index (κ2) is 3.56. The van der Waals surface area contributed by atoms with E-state index in [0.717, 1.165) is 36.8 Å². The van der Waals surface area contributed by atoms with E-state index in [-0.39, 0.29) is 17.2 Å². The first-order chi connectivity index (χ1) is 9.20. The van der Waals surface area contributed by atoms with Crippen LogP contribution in [0.4, 0.5) is 0 Å². The third-order valence-electron chi connectivity index (χ3n) is 4.90. The molecule has 0 spiro atoms. The fourth-order valence-electron chi connectivity index (χ4n) is 4.22. The van der Waals surface area contributed by atoms with Gasteiger partial charge in [0, 0.05) is 16.6 Å². The Morgan fingerprint density at radius 2 is 1.95 bits per heavy atom. The average Bonchev–Trinajstić information content (AvgIpc) is 3.03. The highest BCUT2D eigenvalue weighted by atomic mass is 16.2. The van der Waals surface area contributed by atoms with Gasteiger partial charge in [-0.15, -0.1) is 0 Å². The van der Waals surface area contributed by atoms with Crippen molar-refractivity contribution in [3.05, 3.63) is 47.0 Å². The van der Waals surface area contributed by atoms with Crippen LogP contribution >= 0.6 is 0 Å². The molecule has 19 heavy (non-hydrogen) atoms. The topological polar surface area (TPSA) is 46.2 Å². The van der Waals surface area contributed by atoms with E-state index >= 15 is 0 Å². The van der Waals surface area contributed by atoms with Crippen LogP contribution in [-0.2, 0) is 16.0 Å². The van der Waals surface area contributed by atoms with Crippen LogP contribution in [-0.4, -0.2) is 11.8 Å². The van der Waals surface area contributed by atoms with Crippen LogP contribution in [0.2, 0.25) is 0 Å². The van der Waals surface area contributed by atoms with Crippen LogP contribution in [0, 0.1) is 11.3 Å². The largest absolute Gasteiger partial charge is 0.289 e. The molecule has 1 N–H and O–H groups in total. The highest BCUT2D eigenvalue weighted by Crippen LogP contribution is 2.60. The van der Waals surface area contributed by atoms with Crippen LogP contribution in [0.15, 0.2) is 41.5 Å². The Kier molecular flexibility index (Phi) is 2.06. The molecule has 3 heteroatoms. The molecule has 1 aliphatic heterocycles. The van der Waals surface area contributed by atoms with Gasteiger partial charge in [-0.25, -0.2) is 0 Å². The predicted molar refractivity (Wildman–Crippen MR) is 70.1 cm³/mol. The van der Waals surface area contributed by atoms with Crippen molar-refractivity contribution in [3.63, 3.8) is 0 Å². The first-order valence-electron chi connectivity index (χ1n) is 6.84. The van der Waals surface area contributed by atoms with Crippen LogP contribution in [0.25, 0.3) is 0 Å².